The lowest BCUT2D eigenvalue weighted by Gasteiger charge is -2.28. The molecule has 0 bridgehead atoms. The number of carbonyl (C=O) groups is 2. The molecule has 0 spiro atoms. The molecule has 2 N–H and O–H groups in total. The van der Waals surface area contributed by atoms with E-state index >= 15 is 0 Å². The SMILES string of the molecule is O=C(CC1CCCCCC1)NCC1CCCCC1C(=O)O. The molecular formula is C17H29NO3. The molecule has 2 unspecified atom stereocenters. The number of amides is 1. The van der Waals surface area contributed by atoms with Crippen LogP contribution in [-0.4, -0.2) is 23.5 Å². The number of hydrogen-bond donors (Lipinski definition) is 2. The fourth-order valence-electron chi connectivity index (χ4n) is 3.92. The summed E-state index contributed by atoms with van der Waals surface area (Å²) in [6.45, 7) is 0.544. The first-order valence-corrected chi connectivity index (χ1v) is 8.66. The van der Waals surface area contributed by atoms with E-state index in [2.05, 4.69) is 5.32 Å². The summed E-state index contributed by atoms with van der Waals surface area (Å²) in [5.41, 5.74) is 0. The summed E-state index contributed by atoms with van der Waals surface area (Å²) in [4.78, 5) is 23.3. The summed E-state index contributed by atoms with van der Waals surface area (Å²) in [7, 11) is 0. The van der Waals surface area contributed by atoms with Crippen LogP contribution in [-0.2, 0) is 9.59 Å². The van der Waals surface area contributed by atoms with Crippen LogP contribution in [0.15, 0.2) is 0 Å². The standard InChI is InChI=1S/C17H29NO3/c19-16(11-13-7-3-1-2-4-8-13)18-12-14-9-5-6-10-15(14)17(20)21/h13-15H,1-12H2,(H,18,19)(H,20,21). The Morgan fingerprint density at radius 2 is 1.52 bits per heavy atom. The van der Waals surface area contributed by atoms with Gasteiger partial charge in [-0.15, -0.1) is 0 Å². The molecule has 2 aliphatic rings. The predicted molar refractivity (Wildman–Crippen MR) is 81.9 cm³/mol. The molecule has 0 aromatic rings. The molecule has 2 rings (SSSR count). The van der Waals surface area contributed by atoms with Crippen LogP contribution in [0.2, 0.25) is 0 Å². The lowest BCUT2D eigenvalue weighted by Crippen LogP contribution is -2.37. The third kappa shape index (κ3) is 5.33. The van der Waals surface area contributed by atoms with Gasteiger partial charge < -0.3 is 10.4 Å². The number of carboxylic acid groups (broad SMARTS) is 1. The fraction of sp³-hybridized carbons (Fsp3) is 0.882. The Balaban J connectivity index is 1.73. The van der Waals surface area contributed by atoms with Crippen molar-refractivity contribution in [2.45, 2.75) is 70.6 Å². The molecule has 4 nitrogen and oxygen atoms in total. The molecule has 120 valence electrons. The van der Waals surface area contributed by atoms with E-state index in [9.17, 15) is 14.7 Å². The van der Waals surface area contributed by atoms with Crippen LogP contribution in [0.3, 0.4) is 0 Å². The number of rotatable bonds is 5. The van der Waals surface area contributed by atoms with E-state index in [1.54, 1.807) is 0 Å². The molecule has 1 amide bonds. The summed E-state index contributed by atoms with van der Waals surface area (Å²) in [6, 6.07) is 0. The van der Waals surface area contributed by atoms with E-state index in [0.717, 1.165) is 25.7 Å². The average molecular weight is 295 g/mol. The van der Waals surface area contributed by atoms with Crippen LogP contribution >= 0.6 is 0 Å². The zero-order valence-electron chi connectivity index (χ0n) is 13.0. The summed E-state index contributed by atoms with van der Waals surface area (Å²) in [5.74, 6) is -0.185. The maximum Gasteiger partial charge on any atom is 0.306 e. The lowest BCUT2D eigenvalue weighted by atomic mass is 9.79. The highest BCUT2D eigenvalue weighted by molar-refractivity contribution is 5.76. The molecule has 0 aliphatic heterocycles. The van der Waals surface area contributed by atoms with Gasteiger partial charge in [-0.2, -0.15) is 0 Å². The van der Waals surface area contributed by atoms with Crippen LogP contribution in [0.4, 0.5) is 0 Å². The highest BCUT2D eigenvalue weighted by Crippen LogP contribution is 2.30. The number of carbonyl (C=O) groups excluding carboxylic acids is 1. The Hall–Kier alpha value is -1.06. The minimum Gasteiger partial charge on any atom is -0.481 e. The molecule has 0 aromatic heterocycles. The maximum absolute atomic E-state index is 12.1. The second-order valence-corrected chi connectivity index (χ2v) is 6.86. The van der Waals surface area contributed by atoms with Crippen molar-refractivity contribution in [1.82, 2.24) is 5.32 Å². The smallest absolute Gasteiger partial charge is 0.306 e. The zero-order valence-corrected chi connectivity index (χ0v) is 13.0. The van der Waals surface area contributed by atoms with Crippen molar-refractivity contribution < 1.29 is 14.7 Å². The van der Waals surface area contributed by atoms with Gasteiger partial charge in [0.2, 0.25) is 5.91 Å². The van der Waals surface area contributed by atoms with Crippen LogP contribution in [0, 0.1) is 17.8 Å². The summed E-state index contributed by atoms with van der Waals surface area (Å²) >= 11 is 0. The van der Waals surface area contributed by atoms with E-state index in [1.807, 2.05) is 0 Å². The monoisotopic (exact) mass is 295 g/mol. The van der Waals surface area contributed by atoms with Gasteiger partial charge in [-0.25, -0.2) is 0 Å². The van der Waals surface area contributed by atoms with Crippen molar-refractivity contribution in [3.8, 4) is 0 Å². The molecule has 0 saturated heterocycles. The van der Waals surface area contributed by atoms with E-state index < -0.39 is 5.97 Å². The normalized spacial score (nSPS) is 27.8. The molecular weight excluding hydrogens is 266 g/mol. The van der Waals surface area contributed by atoms with E-state index in [-0.39, 0.29) is 17.7 Å². The minimum atomic E-state index is -0.697. The van der Waals surface area contributed by atoms with Crippen LogP contribution in [0.1, 0.15) is 70.6 Å². The molecule has 21 heavy (non-hydrogen) atoms. The first kappa shape index (κ1) is 16.3. The number of hydrogen-bond acceptors (Lipinski definition) is 2. The van der Waals surface area contributed by atoms with Gasteiger partial charge in [-0.05, 0) is 37.5 Å². The molecule has 2 saturated carbocycles. The van der Waals surface area contributed by atoms with Gasteiger partial charge >= 0.3 is 5.97 Å². The van der Waals surface area contributed by atoms with Gasteiger partial charge in [-0.1, -0.05) is 38.5 Å². The van der Waals surface area contributed by atoms with Crippen molar-refractivity contribution in [3.63, 3.8) is 0 Å². The molecule has 0 radical (unpaired) electrons. The van der Waals surface area contributed by atoms with Crippen molar-refractivity contribution in [2.75, 3.05) is 6.54 Å². The topological polar surface area (TPSA) is 66.4 Å². The summed E-state index contributed by atoms with van der Waals surface area (Å²) in [5, 5.41) is 12.3. The van der Waals surface area contributed by atoms with Gasteiger partial charge in [0.05, 0.1) is 5.92 Å². The molecule has 2 atom stereocenters. The lowest BCUT2D eigenvalue weighted by molar-refractivity contribution is -0.145. The fourth-order valence-corrected chi connectivity index (χ4v) is 3.92. The first-order chi connectivity index (χ1) is 10.2. The van der Waals surface area contributed by atoms with Crippen LogP contribution in [0.5, 0.6) is 0 Å². The Morgan fingerprint density at radius 3 is 2.19 bits per heavy atom. The summed E-state index contributed by atoms with van der Waals surface area (Å²) < 4.78 is 0. The first-order valence-electron chi connectivity index (χ1n) is 8.66. The van der Waals surface area contributed by atoms with E-state index in [1.165, 1.54) is 38.5 Å². The average Bonchev–Trinajstić information content (AvgIpc) is 2.74. The van der Waals surface area contributed by atoms with Crippen LogP contribution < -0.4 is 5.32 Å². The second-order valence-electron chi connectivity index (χ2n) is 6.86. The second kappa shape index (κ2) is 8.40. The van der Waals surface area contributed by atoms with Crippen molar-refractivity contribution in [1.29, 1.82) is 0 Å². The van der Waals surface area contributed by atoms with Gasteiger partial charge in [-0.3, -0.25) is 9.59 Å². The van der Waals surface area contributed by atoms with Gasteiger partial charge in [0.15, 0.2) is 0 Å². The Kier molecular flexibility index (Phi) is 6.52. The van der Waals surface area contributed by atoms with Crippen molar-refractivity contribution in [3.05, 3.63) is 0 Å². The third-order valence-electron chi connectivity index (χ3n) is 5.24. The van der Waals surface area contributed by atoms with Gasteiger partial charge in [0, 0.05) is 13.0 Å². The van der Waals surface area contributed by atoms with Gasteiger partial charge in [0.1, 0.15) is 0 Å². The zero-order chi connectivity index (χ0) is 15.1. The third-order valence-corrected chi connectivity index (χ3v) is 5.24. The minimum absolute atomic E-state index is 0.120. The molecule has 4 heteroatoms. The molecule has 0 heterocycles. The Labute approximate surface area is 127 Å². The maximum atomic E-state index is 12.1. The highest BCUT2D eigenvalue weighted by atomic mass is 16.4. The largest absolute Gasteiger partial charge is 0.481 e. The molecule has 2 aliphatic carbocycles. The predicted octanol–water partition coefficient (Wildman–Crippen LogP) is 3.35. The number of carboxylic acids is 1. The quantitative estimate of drug-likeness (QED) is 0.764. The molecule has 2 fully saturated rings. The van der Waals surface area contributed by atoms with E-state index in [0.29, 0.717) is 18.9 Å². The van der Waals surface area contributed by atoms with E-state index in [4.69, 9.17) is 0 Å². The van der Waals surface area contributed by atoms with Crippen molar-refractivity contribution >= 4 is 11.9 Å². The Morgan fingerprint density at radius 1 is 0.905 bits per heavy atom. The van der Waals surface area contributed by atoms with Gasteiger partial charge in [0.25, 0.3) is 0 Å². The van der Waals surface area contributed by atoms with Crippen molar-refractivity contribution in [2.24, 2.45) is 17.8 Å². The summed E-state index contributed by atoms with van der Waals surface area (Å²) in [6.07, 6.45) is 11.9. The highest BCUT2D eigenvalue weighted by Gasteiger charge is 2.30. The van der Waals surface area contributed by atoms with Crippen LogP contribution in [0.25, 0.3) is 0 Å². The number of aliphatic carboxylic acids is 1. The number of nitrogens with one attached hydrogen (secondary N) is 1. The Bertz CT molecular complexity index is 348. The molecule has 0 aromatic carbocycles.